The highest BCUT2D eigenvalue weighted by Crippen LogP contribution is 1.84. The van der Waals surface area contributed by atoms with E-state index in [0.717, 1.165) is 0 Å². The summed E-state index contributed by atoms with van der Waals surface area (Å²) >= 11 is 0. The molecule has 0 amide bonds. The van der Waals surface area contributed by atoms with E-state index in [0.29, 0.717) is 0 Å². The van der Waals surface area contributed by atoms with Gasteiger partial charge in [-0.15, -0.1) is 0 Å². The summed E-state index contributed by atoms with van der Waals surface area (Å²) in [6.45, 7) is 7.07. The summed E-state index contributed by atoms with van der Waals surface area (Å²) in [6.07, 6.45) is -10.6. The lowest BCUT2D eigenvalue weighted by atomic mass is 10.7. The molecule has 38 heavy (non-hydrogen) atoms. The molecular weight excluding hydrogens is 552 g/mol. The normalized spacial score (nSPS) is 6.53. The van der Waals surface area contributed by atoms with E-state index in [1.807, 2.05) is 0 Å². The van der Waals surface area contributed by atoms with Crippen LogP contribution in [0.15, 0.2) is 25.3 Å². The standard InChI is InChI=1S/C7H10O3.7CH2O3/c1-3-5-9-7(8)10-6-4-2;7*2-1(3)4/h3-4H,1-2,5-6H2;7*(H2,2,3,4). The molecule has 0 fully saturated rings. The summed E-state index contributed by atoms with van der Waals surface area (Å²) in [6, 6.07) is 0. The van der Waals surface area contributed by atoms with E-state index in [4.69, 9.17) is 105 Å². The predicted molar refractivity (Wildman–Crippen MR) is 112 cm³/mol. The van der Waals surface area contributed by atoms with Crippen LogP contribution in [0.1, 0.15) is 0 Å². The minimum Gasteiger partial charge on any atom is -0.450 e. The molecule has 0 radical (unpaired) electrons. The minimum atomic E-state index is -1.83. The molecule has 14 N–H and O–H groups in total. The summed E-state index contributed by atoms with van der Waals surface area (Å²) in [5.41, 5.74) is 0. The van der Waals surface area contributed by atoms with Crippen molar-refractivity contribution >= 4 is 49.2 Å². The van der Waals surface area contributed by atoms with Crippen LogP contribution in [0.2, 0.25) is 0 Å². The van der Waals surface area contributed by atoms with Crippen LogP contribution in [0.25, 0.3) is 0 Å². The van der Waals surface area contributed by atoms with Gasteiger partial charge in [-0.1, -0.05) is 25.3 Å². The van der Waals surface area contributed by atoms with Crippen molar-refractivity contribution in [3.05, 3.63) is 25.3 Å². The average Bonchev–Trinajstić information content (AvgIpc) is 2.61. The van der Waals surface area contributed by atoms with E-state index >= 15 is 0 Å². The lowest BCUT2D eigenvalue weighted by Gasteiger charge is -1.99. The van der Waals surface area contributed by atoms with Gasteiger partial charge in [0.1, 0.15) is 13.2 Å². The summed E-state index contributed by atoms with van der Waals surface area (Å²) in [7, 11) is 0. The Morgan fingerprint density at radius 2 is 0.500 bits per heavy atom. The first-order valence-corrected chi connectivity index (χ1v) is 7.38. The first-order valence-electron chi connectivity index (χ1n) is 7.38. The maximum absolute atomic E-state index is 10.4. The van der Waals surface area contributed by atoms with Gasteiger partial charge in [0.25, 0.3) is 0 Å². The predicted octanol–water partition coefficient (Wildman–Crippen LogP) is 3.07. The minimum absolute atomic E-state index is 0.177. The molecule has 24 nitrogen and oxygen atoms in total. The number of carbonyl (C=O) groups excluding carboxylic acids is 1. The van der Waals surface area contributed by atoms with Crippen LogP contribution < -0.4 is 0 Å². The van der Waals surface area contributed by atoms with Crippen LogP contribution in [-0.4, -0.2) is 134 Å². The van der Waals surface area contributed by atoms with Crippen LogP contribution in [0, 0.1) is 0 Å². The van der Waals surface area contributed by atoms with E-state index in [1.165, 1.54) is 12.2 Å². The molecule has 0 aliphatic heterocycles. The van der Waals surface area contributed by atoms with E-state index in [-0.39, 0.29) is 13.2 Å². The summed E-state index contributed by atoms with van der Waals surface area (Å²) in [4.78, 5) is 70.3. The highest BCUT2D eigenvalue weighted by atomic mass is 16.7. The number of carboxylic acid groups (broad SMARTS) is 14. The maximum Gasteiger partial charge on any atom is 0.508 e. The Balaban J connectivity index is -0.0000000470. The lowest BCUT2D eigenvalue weighted by Crippen LogP contribution is -2.06. The van der Waals surface area contributed by atoms with Crippen molar-refractivity contribution < 1.29 is 119 Å². The topological polar surface area (TPSA) is 438 Å². The van der Waals surface area contributed by atoms with Crippen molar-refractivity contribution in [2.75, 3.05) is 13.2 Å². The zero-order valence-corrected chi connectivity index (χ0v) is 18.3. The Kier molecular flexibility index (Phi) is 67.4. The monoisotopic (exact) mass is 576 g/mol. The summed E-state index contributed by atoms with van der Waals surface area (Å²) in [5.74, 6) is 0. The molecule has 0 aromatic carbocycles. The van der Waals surface area contributed by atoms with E-state index in [1.54, 1.807) is 0 Å². The van der Waals surface area contributed by atoms with Crippen molar-refractivity contribution in [1.82, 2.24) is 0 Å². The fraction of sp³-hybridized carbons (Fsp3) is 0.143. The van der Waals surface area contributed by atoms with E-state index < -0.39 is 49.2 Å². The fourth-order valence-corrected chi connectivity index (χ4v) is 0.296. The van der Waals surface area contributed by atoms with Crippen LogP contribution in [0.4, 0.5) is 38.4 Å². The molecule has 0 unspecified atom stereocenters. The highest BCUT2D eigenvalue weighted by Gasteiger charge is 1.97. The Labute approximate surface area is 208 Å². The van der Waals surface area contributed by atoms with Gasteiger partial charge >= 0.3 is 49.2 Å². The SMILES string of the molecule is C=CCOC(=O)OCC=C.O=C(O)O.O=C(O)O.O=C(O)O.O=C(O)O.O=C(O)O.O=C(O)O.O=C(O)O. The van der Waals surface area contributed by atoms with E-state index in [9.17, 15) is 4.79 Å². The van der Waals surface area contributed by atoms with Gasteiger partial charge < -0.3 is 81.0 Å². The third-order valence-corrected chi connectivity index (χ3v) is 0.638. The van der Waals surface area contributed by atoms with Crippen LogP contribution in [-0.2, 0) is 9.47 Å². The van der Waals surface area contributed by atoms with Gasteiger partial charge in [-0.05, 0) is 0 Å². The Morgan fingerprint density at radius 1 is 0.395 bits per heavy atom. The second kappa shape index (κ2) is 48.2. The Hall–Kier alpha value is -6.36. The van der Waals surface area contributed by atoms with E-state index in [2.05, 4.69) is 22.6 Å². The Morgan fingerprint density at radius 3 is 0.579 bits per heavy atom. The highest BCUT2D eigenvalue weighted by molar-refractivity contribution is 5.60. The summed E-state index contributed by atoms with van der Waals surface area (Å²) < 4.78 is 8.93. The molecule has 0 atom stereocenters. The van der Waals surface area contributed by atoms with Crippen molar-refractivity contribution in [3.63, 3.8) is 0 Å². The number of hydrogen-bond acceptors (Lipinski definition) is 10. The first kappa shape index (κ1) is 53.2. The third-order valence-electron chi connectivity index (χ3n) is 0.638. The van der Waals surface area contributed by atoms with Crippen LogP contribution in [0.5, 0.6) is 0 Å². The van der Waals surface area contributed by atoms with Gasteiger partial charge in [0.05, 0.1) is 0 Å². The molecule has 224 valence electrons. The number of carbonyl (C=O) groups is 8. The van der Waals surface area contributed by atoms with Crippen LogP contribution >= 0.6 is 0 Å². The molecule has 0 aromatic rings. The zero-order chi connectivity index (χ0) is 32.9. The van der Waals surface area contributed by atoms with Gasteiger partial charge in [0.15, 0.2) is 0 Å². The van der Waals surface area contributed by atoms with Gasteiger partial charge in [-0.3, -0.25) is 0 Å². The lowest BCUT2D eigenvalue weighted by molar-refractivity contribution is 0.0717. The number of hydrogen-bond donors (Lipinski definition) is 14. The molecule has 0 bridgehead atoms. The molecule has 0 aliphatic rings. The molecule has 0 rings (SSSR count). The maximum atomic E-state index is 10.4. The molecule has 0 heterocycles. The van der Waals surface area contributed by atoms with Gasteiger partial charge in [-0.25, -0.2) is 38.4 Å². The quantitative estimate of drug-likeness (QED) is 0.169. The molecule has 0 aliphatic carbocycles. The second-order valence-electron chi connectivity index (χ2n) is 3.43. The summed E-state index contributed by atoms with van der Waals surface area (Å²) in [5, 5.41) is 97.6. The fourth-order valence-electron chi connectivity index (χ4n) is 0.296. The molecule has 0 saturated heterocycles. The first-order chi connectivity index (χ1) is 16.9. The molecule has 24 heteroatoms. The van der Waals surface area contributed by atoms with Crippen LogP contribution in [0.3, 0.4) is 0 Å². The van der Waals surface area contributed by atoms with Gasteiger partial charge in [0, 0.05) is 0 Å². The molecule has 0 saturated carbocycles. The van der Waals surface area contributed by atoms with Gasteiger partial charge in [0.2, 0.25) is 0 Å². The number of ether oxygens (including phenoxy) is 2. The van der Waals surface area contributed by atoms with Crippen molar-refractivity contribution in [2.24, 2.45) is 0 Å². The molecular formula is C14H24O24. The number of rotatable bonds is 4. The van der Waals surface area contributed by atoms with Gasteiger partial charge in [-0.2, -0.15) is 0 Å². The van der Waals surface area contributed by atoms with Crippen molar-refractivity contribution in [2.45, 2.75) is 0 Å². The third kappa shape index (κ3) is 9040. The smallest absolute Gasteiger partial charge is 0.450 e. The van der Waals surface area contributed by atoms with Crippen molar-refractivity contribution in [1.29, 1.82) is 0 Å². The van der Waals surface area contributed by atoms with Crippen molar-refractivity contribution in [3.8, 4) is 0 Å². The molecule has 0 spiro atoms. The largest absolute Gasteiger partial charge is 0.508 e. The molecule has 0 aromatic heterocycles. The Bertz CT molecular complexity index is 520. The second-order valence-corrected chi connectivity index (χ2v) is 3.43. The zero-order valence-electron chi connectivity index (χ0n) is 18.3. The average molecular weight is 576 g/mol.